The molecule has 19 heavy (non-hydrogen) atoms. The van der Waals surface area contributed by atoms with Crippen LogP contribution in [0.2, 0.25) is 0 Å². The van der Waals surface area contributed by atoms with Gasteiger partial charge in [0.15, 0.2) is 0 Å². The molecule has 0 heterocycles. The van der Waals surface area contributed by atoms with Crippen molar-refractivity contribution >= 4 is 0 Å². The monoisotopic (exact) mass is 268 g/mol. The molecule has 3 heteroatoms. The zero-order valence-electron chi connectivity index (χ0n) is 13.3. The first-order valence-corrected chi connectivity index (χ1v) is 8.38. The second-order valence-corrected chi connectivity index (χ2v) is 5.93. The maximum absolute atomic E-state index is 4.37. The second kappa shape index (κ2) is 10.6. The molecule has 1 aliphatic rings. The molecule has 0 aliphatic heterocycles. The van der Waals surface area contributed by atoms with E-state index in [1.807, 2.05) is 7.05 Å². The van der Waals surface area contributed by atoms with E-state index in [1.165, 1.54) is 51.5 Å². The van der Waals surface area contributed by atoms with E-state index in [0.29, 0.717) is 12.3 Å². The first kappa shape index (κ1) is 16.9. The molecule has 0 aromatic heterocycles. The molecule has 1 saturated carbocycles. The Labute approximate surface area is 120 Å². The fourth-order valence-corrected chi connectivity index (χ4v) is 2.98. The molecule has 0 saturated heterocycles. The number of rotatable bonds is 8. The van der Waals surface area contributed by atoms with Crippen LogP contribution in [0.5, 0.6) is 0 Å². The lowest BCUT2D eigenvalue weighted by atomic mass is 9.91. The molecule has 3 nitrogen and oxygen atoms in total. The van der Waals surface area contributed by atoms with Crippen molar-refractivity contribution in [3.05, 3.63) is 0 Å². The summed E-state index contributed by atoms with van der Waals surface area (Å²) in [6, 6.07) is 0. The van der Waals surface area contributed by atoms with Crippen molar-refractivity contribution in [2.45, 2.75) is 84.0 Å². The Morgan fingerprint density at radius 1 is 1.00 bits per heavy atom. The molecule has 1 rings (SSSR count). The minimum atomic E-state index is 0.301. The average Bonchev–Trinajstić information content (AvgIpc) is 2.41. The van der Waals surface area contributed by atoms with Crippen LogP contribution in [-0.2, 0) is 0 Å². The van der Waals surface area contributed by atoms with Crippen molar-refractivity contribution in [3.63, 3.8) is 0 Å². The van der Waals surface area contributed by atoms with Gasteiger partial charge >= 0.3 is 0 Å². The minimum absolute atomic E-state index is 0.301. The van der Waals surface area contributed by atoms with E-state index in [2.05, 4.69) is 29.8 Å². The van der Waals surface area contributed by atoms with Crippen LogP contribution in [0.1, 0.15) is 71.6 Å². The minimum Gasteiger partial charge on any atom is -0.302 e. The molecule has 1 radical (unpaired) electrons. The van der Waals surface area contributed by atoms with Gasteiger partial charge in [0.25, 0.3) is 0 Å². The van der Waals surface area contributed by atoms with Crippen LogP contribution in [0.25, 0.3) is 0 Å². The highest BCUT2D eigenvalue weighted by atomic mass is 15.2. The average molecular weight is 268 g/mol. The smallest absolute Gasteiger partial charge is 0.0741 e. The third kappa shape index (κ3) is 7.28. The van der Waals surface area contributed by atoms with Gasteiger partial charge in [-0.15, -0.1) is 0 Å². The number of hydrogen-bond acceptors (Lipinski definition) is 2. The Morgan fingerprint density at radius 3 is 2.16 bits per heavy atom. The van der Waals surface area contributed by atoms with E-state index >= 15 is 0 Å². The topological polar surface area (TPSA) is 38.2 Å². The molecule has 0 bridgehead atoms. The van der Waals surface area contributed by atoms with Crippen molar-refractivity contribution in [2.75, 3.05) is 13.6 Å². The number of hydrogen-bond donors (Lipinski definition) is 2. The molecule has 0 aromatic rings. The molecule has 0 amide bonds. The number of nitrogens with zero attached hydrogens (tertiary/aromatic N) is 1. The van der Waals surface area contributed by atoms with E-state index in [-0.39, 0.29) is 0 Å². The quantitative estimate of drug-likeness (QED) is 0.663. The van der Waals surface area contributed by atoms with Gasteiger partial charge in [0, 0.05) is 7.05 Å². The zero-order valence-corrected chi connectivity index (χ0v) is 13.3. The summed E-state index contributed by atoms with van der Waals surface area (Å²) in [6.07, 6.45) is 12.9. The van der Waals surface area contributed by atoms with E-state index in [9.17, 15) is 0 Å². The lowest BCUT2D eigenvalue weighted by molar-refractivity contribution is 0.289. The molecule has 1 fully saturated rings. The molecule has 2 unspecified atom stereocenters. The molecular formula is C16H34N3. The van der Waals surface area contributed by atoms with Crippen LogP contribution in [-0.4, -0.2) is 25.9 Å². The predicted molar refractivity (Wildman–Crippen MR) is 83.2 cm³/mol. The van der Waals surface area contributed by atoms with Gasteiger partial charge in [-0.2, -0.15) is 0 Å². The van der Waals surface area contributed by atoms with Crippen molar-refractivity contribution in [3.8, 4) is 0 Å². The molecule has 1 aliphatic carbocycles. The van der Waals surface area contributed by atoms with Crippen LogP contribution >= 0.6 is 0 Å². The van der Waals surface area contributed by atoms with E-state index in [0.717, 1.165) is 18.8 Å². The van der Waals surface area contributed by atoms with Gasteiger partial charge < -0.3 is 5.32 Å². The third-order valence-corrected chi connectivity index (χ3v) is 4.38. The summed E-state index contributed by atoms with van der Waals surface area (Å²) in [4.78, 5) is 0. The van der Waals surface area contributed by atoms with Crippen molar-refractivity contribution in [1.82, 2.24) is 16.0 Å². The van der Waals surface area contributed by atoms with Crippen LogP contribution in [0.4, 0.5) is 0 Å². The Kier molecular flexibility index (Phi) is 9.48. The first-order chi connectivity index (χ1) is 9.30. The van der Waals surface area contributed by atoms with Gasteiger partial charge in [0.05, 0.1) is 12.3 Å². The van der Waals surface area contributed by atoms with Gasteiger partial charge in [-0.25, -0.2) is 5.32 Å². The lowest BCUT2D eigenvalue weighted by Crippen LogP contribution is -2.50. The van der Waals surface area contributed by atoms with Crippen molar-refractivity contribution in [2.24, 2.45) is 5.92 Å². The van der Waals surface area contributed by atoms with Gasteiger partial charge in [-0.3, -0.25) is 5.32 Å². The Bertz CT molecular complexity index is 196. The van der Waals surface area contributed by atoms with Crippen LogP contribution in [0.3, 0.4) is 0 Å². The van der Waals surface area contributed by atoms with Gasteiger partial charge in [0.1, 0.15) is 0 Å². The van der Waals surface area contributed by atoms with Gasteiger partial charge in [-0.05, 0) is 38.1 Å². The Hall–Kier alpha value is -0.120. The highest BCUT2D eigenvalue weighted by Crippen LogP contribution is 2.21. The highest BCUT2D eigenvalue weighted by Gasteiger charge is 2.15. The van der Waals surface area contributed by atoms with E-state index in [1.54, 1.807) is 0 Å². The molecular weight excluding hydrogens is 234 g/mol. The lowest BCUT2D eigenvalue weighted by Gasteiger charge is -2.27. The fraction of sp³-hybridized carbons (Fsp3) is 1.00. The Balaban J connectivity index is 2.26. The van der Waals surface area contributed by atoms with Crippen LogP contribution in [0.15, 0.2) is 0 Å². The normalized spacial score (nSPS) is 21.6. The largest absolute Gasteiger partial charge is 0.302 e. The number of nitrogens with one attached hydrogen (secondary N) is 2. The van der Waals surface area contributed by atoms with Gasteiger partial charge in [-0.1, -0.05) is 46.0 Å². The standard InChI is InChI=1S/C16H34N3/c1-4-15(17-3)19-16(5-2)18-13-14-11-9-7-6-8-10-12-14/h14-16,18-19H,4-13H2,1-3H3. The maximum Gasteiger partial charge on any atom is 0.0741 e. The summed E-state index contributed by atoms with van der Waals surface area (Å²) in [6.45, 7) is 5.60. The maximum atomic E-state index is 4.37. The van der Waals surface area contributed by atoms with Crippen molar-refractivity contribution in [1.29, 1.82) is 0 Å². The molecule has 2 N–H and O–H groups in total. The Morgan fingerprint density at radius 2 is 1.63 bits per heavy atom. The summed E-state index contributed by atoms with van der Waals surface area (Å²) < 4.78 is 0. The second-order valence-electron chi connectivity index (χ2n) is 5.93. The summed E-state index contributed by atoms with van der Waals surface area (Å²) in [5.74, 6) is 0.884. The summed E-state index contributed by atoms with van der Waals surface area (Å²) in [7, 11) is 1.91. The van der Waals surface area contributed by atoms with E-state index in [4.69, 9.17) is 0 Å². The molecule has 2 atom stereocenters. The van der Waals surface area contributed by atoms with Gasteiger partial charge in [0.2, 0.25) is 0 Å². The predicted octanol–water partition coefficient (Wildman–Crippen LogP) is 3.23. The molecule has 0 spiro atoms. The SMILES string of the molecule is CCC([N]C)NC(CC)NCC1CCCCCCC1. The van der Waals surface area contributed by atoms with Crippen LogP contribution in [0, 0.1) is 5.92 Å². The third-order valence-electron chi connectivity index (χ3n) is 4.38. The van der Waals surface area contributed by atoms with Crippen LogP contribution < -0.4 is 16.0 Å². The summed E-state index contributed by atoms with van der Waals surface area (Å²) in [5.41, 5.74) is 0. The highest BCUT2D eigenvalue weighted by molar-refractivity contribution is 4.72. The van der Waals surface area contributed by atoms with Crippen molar-refractivity contribution < 1.29 is 0 Å². The summed E-state index contributed by atoms with van der Waals surface area (Å²) in [5, 5.41) is 11.7. The molecule has 0 aromatic carbocycles. The molecule has 113 valence electrons. The van der Waals surface area contributed by atoms with E-state index < -0.39 is 0 Å². The summed E-state index contributed by atoms with van der Waals surface area (Å²) >= 11 is 0. The zero-order chi connectivity index (χ0) is 13.9. The fourth-order valence-electron chi connectivity index (χ4n) is 2.98. The first-order valence-electron chi connectivity index (χ1n) is 8.38.